The first kappa shape index (κ1) is 17.1. The Morgan fingerprint density at radius 1 is 0.769 bits per heavy atom. The number of ether oxygens (including phenoxy) is 2. The third-order valence-corrected chi connectivity index (χ3v) is 5.83. The van der Waals surface area contributed by atoms with Crippen LogP contribution in [0.4, 0.5) is 0 Å². The second-order valence-corrected chi connectivity index (χ2v) is 7.47. The van der Waals surface area contributed by atoms with Gasteiger partial charge in [0.2, 0.25) is 0 Å². The van der Waals surface area contributed by atoms with Crippen molar-refractivity contribution in [1.82, 2.24) is 0 Å². The summed E-state index contributed by atoms with van der Waals surface area (Å²) in [6, 6.07) is 8.83. The normalized spacial score (nSPS) is 15.7. The van der Waals surface area contributed by atoms with Crippen molar-refractivity contribution in [2.24, 2.45) is 0 Å². The van der Waals surface area contributed by atoms with Crippen molar-refractivity contribution in [2.45, 2.75) is 57.8 Å². The summed E-state index contributed by atoms with van der Waals surface area (Å²) in [5.74, 6) is 1.64. The molecule has 3 heteroatoms. The quantitative estimate of drug-likeness (QED) is 0.741. The molecule has 2 aromatic carbocycles. The maximum Gasteiger partial charge on any atom is 0.298 e. The first-order chi connectivity index (χ1) is 12.8. The van der Waals surface area contributed by atoms with Gasteiger partial charge < -0.3 is 9.47 Å². The summed E-state index contributed by atoms with van der Waals surface area (Å²) < 4.78 is 11.0. The minimum Gasteiger partial charge on any atom is -0.496 e. The topological polar surface area (TPSA) is 35.5 Å². The molecule has 0 aliphatic heterocycles. The van der Waals surface area contributed by atoms with E-state index in [0.29, 0.717) is 12.2 Å². The molecule has 3 nitrogen and oxygen atoms in total. The largest absolute Gasteiger partial charge is 0.496 e. The van der Waals surface area contributed by atoms with Crippen LogP contribution in [0.1, 0.15) is 59.1 Å². The second kappa shape index (κ2) is 7.53. The van der Waals surface area contributed by atoms with E-state index in [1.165, 1.54) is 53.5 Å². The number of hydrogen-bond donors (Lipinski definition) is 0. The molecular weight excluding hydrogens is 324 g/mol. The maximum absolute atomic E-state index is 11.0. The summed E-state index contributed by atoms with van der Waals surface area (Å²) in [7, 11) is 1.74. The fourth-order valence-corrected chi connectivity index (χ4v) is 4.46. The van der Waals surface area contributed by atoms with Crippen molar-refractivity contribution in [2.75, 3.05) is 7.11 Å². The number of carbonyl (C=O) groups excluding carboxylic acids is 1. The molecule has 0 saturated heterocycles. The Labute approximate surface area is 155 Å². The van der Waals surface area contributed by atoms with E-state index in [0.717, 1.165) is 43.4 Å². The van der Waals surface area contributed by atoms with Gasteiger partial charge in [0.15, 0.2) is 0 Å². The fraction of sp³-hybridized carbons (Fsp3) is 0.435. The average molecular weight is 350 g/mol. The molecule has 0 atom stereocenters. The van der Waals surface area contributed by atoms with Gasteiger partial charge in [-0.3, -0.25) is 4.79 Å². The van der Waals surface area contributed by atoms with Crippen LogP contribution in [0.15, 0.2) is 24.3 Å². The Morgan fingerprint density at radius 2 is 1.23 bits per heavy atom. The van der Waals surface area contributed by atoms with Gasteiger partial charge in [-0.2, -0.15) is 0 Å². The molecule has 0 amide bonds. The summed E-state index contributed by atoms with van der Waals surface area (Å²) >= 11 is 0. The maximum atomic E-state index is 11.0. The third-order valence-electron chi connectivity index (χ3n) is 5.83. The zero-order valence-electron chi connectivity index (χ0n) is 15.5. The number of rotatable bonds is 5. The predicted molar refractivity (Wildman–Crippen MR) is 102 cm³/mol. The number of benzene rings is 2. The Bertz CT molecular complexity index is 823. The van der Waals surface area contributed by atoms with E-state index < -0.39 is 0 Å². The van der Waals surface area contributed by atoms with Crippen molar-refractivity contribution in [3.05, 3.63) is 57.6 Å². The smallest absolute Gasteiger partial charge is 0.298 e. The van der Waals surface area contributed by atoms with E-state index in [-0.39, 0.29) is 0 Å². The molecule has 2 aliphatic carbocycles. The van der Waals surface area contributed by atoms with Crippen LogP contribution in [0.3, 0.4) is 0 Å². The van der Waals surface area contributed by atoms with E-state index in [4.69, 9.17) is 9.47 Å². The lowest BCUT2D eigenvalue weighted by molar-refractivity contribution is -0.120. The van der Waals surface area contributed by atoms with Gasteiger partial charge in [-0.15, -0.1) is 0 Å². The standard InChI is InChI=1S/C23H26O3/c1-25-22-13-18-8-4-2-6-16(18)10-20(22)12-21-11-17-7-3-5-9-19(17)14-23(21)26-15-24/h10-11,13-15H,2-9,12H2,1H3. The van der Waals surface area contributed by atoms with Crippen molar-refractivity contribution >= 4 is 6.47 Å². The van der Waals surface area contributed by atoms with Gasteiger partial charge in [0.1, 0.15) is 11.5 Å². The zero-order chi connectivity index (χ0) is 17.9. The van der Waals surface area contributed by atoms with Crippen LogP contribution < -0.4 is 9.47 Å². The molecule has 0 spiro atoms. The van der Waals surface area contributed by atoms with Gasteiger partial charge in [-0.05, 0) is 96.9 Å². The first-order valence-electron chi connectivity index (χ1n) is 9.72. The van der Waals surface area contributed by atoms with Crippen LogP contribution in [0.25, 0.3) is 0 Å². The molecule has 136 valence electrons. The highest BCUT2D eigenvalue weighted by atomic mass is 16.5. The van der Waals surface area contributed by atoms with Crippen LogP contribution >= 0.6 is 0 Å². The predicted octanol–water partition coefficient (Wildman–Crippen LogP) is 4.58. The SMILES string of the molecule is COc1cc2c(cc1Cc1cc3c(cc1OC=O)CCCC3)CCCC2. The number of hydrogen-bond acceptors (Lipinski definition) is 3. The molecule has 0 unspecified atom stereocenters. The minimum atomic E-state index is 0.540. The summed E-state index contributed by atoms with van der Waals surface area (Å²) in [5.41, 5.74) is 7.86. The molecule has 0 heterocycles. The molecule has 2 aromatic rings. The summed E-state index contributed by atoms with van der Waals surface area (Å²) in [6.45, 7) is 0.540. The first-order valence-corrected chi connectivity index (χ1v) is 9.72. The molecule has 2 aliphatic rings. The third kappa shape index (κ3) is 3.35. The van der Waals surface area contributed by atoms with Crippen molar-refractivity contribution < 1.29 is 14.3 Å². The van der Waals surface area contributed by atoms with Crippen molar-refractivity contribution in [3.8, 4) is 11.5 Å². The van der Waals surface area contributed by atoms with E-state index in [1.54, 1.807) is 7.11 Å². The lowest BCUT2D eigenvalue weighted by Crippen LogP contribution is -2.08. The highest BCUT2D eigenvalue weighted by Crippen LogP contribution is 2.34. The van der Waals surface area contributed by atoms with Crippen LogP contribution in [-0.4, -0.2) is 13.6 Å². The number of aryl methyl sites for hydroxylation is 4. The molecule has 0 fully saturated rings. The minimum absolute atomic E-state index is 0.540. The van der Waals surface area contributed by atoms with E-state index in [9.17, 15) is 4.79 Å². The van der Waals surface area contributed by atoms with Gasteiger partial charge in [-0.1, -0.05) is 12.1 Å². The zero-order valence-corrected chi connectivity index (χ0v) is 15.5. The molecule has 0 radical (unpaired) electrons. The average Bonchev–Trinajstić information content (AvgIpc) is 2.68. The van der Waals surface area contributed by atoms with Gasteiger partial charge in [0.25, 0.3) is 6.47 Å². The van der Waals surface area contributed by atoms with Crippen LogP contribution in [-0.2, 0) is 36.9 Å². The fourth-order valence-electron chi connectivity index (χ4n) is 4.46. The molecular formula is C23H26O3. The lowest BCUT2D eigenvalue weighted by atomic mass is 9.86. The molecule has 4 rings (SSSR count). The van der Waals surface area contributed by atoms with Crippen molar-refractivity contribution in [1.29, 1.82) is 0 Å². The number of carbonyl (C=O) groups is 1. The molecule has 0 N–H and O–H groups in total. The number of fused-ring (bicyclic) bond motifs is 2. The van der Waals surface area contributed by atoms with Crippen LogP contribution in [0.2, 0.25) is 0 Å². The van der Waals surface area contributed by atoms with E-state index >= 15 is 0 Å². The summed E-state index contributed by atoms with van der Waals surface area (Å²) in [4.78, 5) is 11.0. The van der Waals surface area contributed by atoms with Gasteiger partial charge >= 0.3 is 0 Å². The Hall–Kier alpha value is -2.29. The highest BCUT2D eigenvalue weighted by Gasteiger charge is 2.18. The van der Waals surface area contributed by atoms with Crippen LogP contribution in [0.5, 0.6) is 11.5 Å². The Balaban J connectivity index is 1.73. The Morgan fingerprint density at radius 3 is 1.73 bits per heavy atom. The van der Waals surface area contributed by atoms with Gasteiger partial charge in [0.05, 0.1) is 7.11 Å². The monoisotopic (exact) mass is 350 g/mol. The Kier molecular flexibility index (Phi) is 4.96. The number of methoxy groups -OCH3 is 1. The highest BCUT2D eigenvalue weighted by molar-refractivity contribution is 5.54. The molecule has 0 bridgehead atoms. The van der Waals surface area contributed by atoms with E-state index in [2.05, 4.69) is 24.3 Å². The van der Waals surface area contributed by atoms with Crippen LogP contribution in [0, 0.1) is 0 Å². The summed E-state index contributed by atoms with van der Waals surface area (Å²) in [6.07, 6.45) is 10.2. The van der Waals surface area contributed by atoms with Gasteiger partial charge in [0, 0.05) is 6.42 Å². The summed E-state index contributed by atoms with van der Waals surface area (Å²) in [5, 5.41) is 0. The lowest BCUT2D eigenvalue weighted by Gasteiger charge is -2.21. The van der Waals surface area contributed by atoms with E-state index in [1.807, 2.05) is 0 Å². The van der Waals surface area contributed by atoms with Gasteiger partial charge in [-0.25, -0.2) is 0 Å². The van der Waals surface area contributed by atoms with Crippen molar-refractivity contribution in [3.63, 3.8) is 0 Å². The molecule has 0 saturated carbocycles. The second-order valence-electron chi connectivity index (χ2n) is 7.47. The molecule has 26 heavy (non-hydrogen) atoms. The molecule has 0 aromatic heterocycles.